The fourth-order valence-electron chi connectivity index (χ4n) is 5.91. The zero-order valence-electron chi connectivity index (χ0n) is 28.2. The van der Waals surface area contributed by atoms with E-state index in [2.05, 4.69) is 9.97 Å². The standard InChI is InChI=1S/C29H46N10O8/c1-16(40)12-36(13-17(2)41)26-30-22-20(24(44)34(7)28(46)32(22)5)38(26)10-9-11-39-21-23(33(6)29(47)35(8)25(21)45)31-27(39)37(14-18(3)42)15-19(4)43/h16-19,40-43H,9-15H2,1-8H3/t16-,17-,18-,19-/m0/s1. The van der Waals surface area contributed by atoms with Crippen molar-refractivity contribution in [2.75, 3.05) is 36.0 Å². The van der Waals surface area contributed by atoms with E-state index in [0.717, 1.165) is 9.13 Å². The Morgan fingerprint density at radius 2 is 0.851 bits per heavy atom. The minimum absolute atomic E-state index is 0.0799. The van der Waals surface area contributed by atoms with Crippen LogP contribution in [0.1, 0.15) is 34.1 Å². The van der Waals surface area contributed by atoms with Crippen molar-refractivity contribution >= 4 is 34.2 Å². The van der Waals surface area contributed by atoms with Gasteiger partial charge in [0.15, 0.2) is 22.3 Å². The molecule has 4 aromatic rings. The molecule has 0 unspecified atom stereocenters. The molecule has 0 spiro atoms. The molecular formula is C29H46N10O8. The Balaban J connectivity index is 1.91. The van der Waals surface area contributed by atoms with E-state index >= 15 is 0 Å². The van der Waals surface area contributed by atoms with Crippen molar-refractivity contribution in [2.45, 2.75) is 71.6 Å². The molecule has 4 N–H and O–H groups in total. The molecule has 4 heterocycles. The highest BCUT2D eigenvalue weighted by atomic mass is 16.3. The van der Waals surface area contributed by atoms with Gasteiger partial charge in [-0.05, 0) is 34.1 Å². The number of rotatable bonds is 14. The second kappa shape index (κ2) is 13.8. The van der Waals surface area contributed by atoms with Gasteiger partial charge in [-0.1, -0.05) is 0 Å². The number of aromatic nitrogens is 8. The zero-order chi connectivity index (χ0) is 35.1. The predicted octanol–water partition coefficient (Wildman–Crippen LogP) is -2.59. The Hall–Kier alpha value is -4.26. The number of hydrogen-bond acceptors (Lipinski definition) is 12. The zero-order valence-corrected chi connectivity index (χ0v) is 28.2. The summed E-state index contributed by atoms with van der Waals surface area (Å²) in [5, 5.41) is 41.1. The number of hydrogen-bond donors (Lipinski definition) is 4. The molecule has 18 nitrogen and oxygen atoms in total. The molecule has 0 aliphatic carbocycles. The van der Waals surface area contributed by atoms with Gasteiger partial charge in [-0.3, -0.25) is 27.9 Å². The molecule has 0 radical (unpaired) electrons. The van der Waals surface area contributed by atoms with Crippen LogP contribution >= 0.6 is 0 Å². The minimum atomic E-state index is -0.815. The van der Waals surface area contributed by atoms with Gasteiger partial charge < -0.3 is 39.4 Å². The first-order valence-corrected chi connectivity index (χ1v) is 15.5. The minimum Gasteiger partial charge on any atom is -0.392 e. The summed E-state index contributed by atoms with van der Waals surface area (Å²) < 4.78 is 7.75. The Morgan fingerprint density at radius 3 is 1.13 bits per heavy atom. The molecule has 4 atom stereocenters. The highest BCUT2D eigenvalue weighted by Gasteiger charge is 2.27. The van der Waals surface area contributed by atoms with Crippen molar-refractivity contribution in [2.24, 2.45) is 28.2 Å². The Labute approximate surface area is 269 Å². The van der Waals surface area contributed by atoms with Gasteiger partial charge >= 0.3 is 11.4 Å². The van der Waals surface area contributed by atoms with Gasteiger partial charge in [-0.2, -0.15) is 9.97 Å². The molecule has 0 fully saturated rings. The topological polar surface area (TPSA) is 211 Å². The third kappa shape index (κ3) is 6.90. The number of aliphatic hydroxyl groups is 4. The molecule has 4 aromatic heterocycles. The molecular weight excluding hydrogens is 616 g/mol. The highest BCUT2D eigenvalue weighted by molar-refractivity contribution is 5.75. The summed E-state index contributed by atoms with van der Waals surface area (Å²) >= 11 is 0. The van der Waals surface area contributed by atoms with Crippen LogP contribution in [0.3, 0.4) is 0 Å². The second-order valence-electron chi connectivity index (χ2n) is 12.4. The van der Waals surface area contributed by atoms with E-state index in [-0.39, 0.29) is 79.9 Å². The van der Waals surface area contributed by atoms with E-state index < -0.39 is 46.9 Å². The van der Waals surface area contributed by atoms with E-state index in [1.54, 1.807) is 46.6 Å². The van der Waals surface area contributed by atoms with Crippen molar-refractivity contribution in [3.8, 4) is 0 Å². The molecule has 47 heavy (non-hydrogen) atoms. The Bertz CT molecular complexity index is 1830. The molecule has 0 aliphatic heterocycles. The third-order valence-corrected chi connectivity index (χ3v) is 7.92. The van der Waals surface area contributed by atoms with E-state index in [1.165, 1.54) is 37.3 Å². The Morgan fingerprint density at radius 1 is 0.553 bits per heavy atom. The maximum Gasteiger partial charge on any atom is 0.332 e. The maximum atomic E-state index is 13.5. The first-order valence-electron chi connectivity index (χ1n) is 15.5. The molecule has 0 bridgehead atoms. The fourth-order valence-corrected chi connectivity index (χ4v) is 5.91. The highest BCUT2D eigenvalue weighted by Crippen LogP contribution is 2.24. The summed E-state index contributed by atoms with van der Waals surface area (Å²) in [5.74, 6) is 0.526. The van der Waals surface area contributed by atoms with Gasteiger partial charge in [0, 0.05) is 67.5 Å². The predicted molar refractivity (Wildman–Crippen MR) is 176 cm³/mol. The van der Waals surface area contributed by atoms with Crippen LogP contribution in [0, 0.1) is 0 Å². The summed E-state index contributed by atoms with van der Waals surface area (Å²) in [6.07, 6.45) is -2.98. The summed E-state index contributed by atoms with van der Waals surface area (Å²) in [4.78, 5) is 65.2. The lowest BCUT2D eigenvalue weighted by Gasteiger charge is -2.28. The van der Waals surface area contributed by atoms with E-state index in [0.29, 0.717) is 0 Å². The molecule has 0 saturated carbocycles. The SMILES string of the molecule is C[C@H](O)CN(C[C@H](C)O)c1nc2c(c(=O)n(C)c(=O)n2C)n1CCCn1c(N(C[C@H](C)O)C[C@H](C)O)nc2c1c(=O)n(C)c(=O)n2C. The summed E-state index contributed by atoms with van der Waals surface area (Å²) in [6.45, 7) is 6.96. The third-order valence-electron chi connectivity index (χ3n) is 7.92. The number of imidazole rings is 2. The molecule has 18 heteroatoms. The van der Waals surface area contributed by atoms with Crippen LogP contribution in [0.25, 0.3) is 22.3 Å². The van der Waals surface area contributed by atoms with Crippen molar-refractivity contribution < 1.29 is 20.4 Å². The van der Waals surface area contributed by atoms with E-state index in [9.17, 15) is 39.6 Å². The van der Waals surface area contributed by atoms with Gasteiger partial charge in [0.25, 0.3) is 11.1 Å². The smallest absolute Gasteiger partial charge is 0.332 e. The van der Waals surface area contributed by atoms with E-state index in [1.807, 2.05) is 0 Å². The molecule has 260 valence electrons. The summed E-state index contributed by atoms with van der Waals surface area (Å²) in [7, 11) is 5.74. The lowest BCUT2D eigenvalue weighted by molar-refractivity contribution is 0.176. The van der Waals surface area contributed by atoms with Crippen LogP contribution in [0.15, 0.2) is 19.2 Å². The van der Waals surface area contributed by atoms with Crippen LogP contribution in [-0.4, -0.2) is 108 Å². The number of nitrogens with zero attached hydrogens (tertiary/aromatic N) is 10. The van der Waals surface area contributed by atoms with Gasteiger partial charge in [-0.25, -0.2) is 9.59 Å². The van der Waals surface area contributed by atoms with Gasteiger partial charge in [0.05, 0.1) is 24.4 Å². The van der Waals surface area contributed by atoms with Gasteiger partial charge in [0.1, 0.15) is 0 Å². The van der Waals surface area contributed by atoms with Crippen molar-refractivity contribution in [3.63, 3.8) is 0 Å². The number of anilines is 2. The van der Waals surface area contributed by atoms with Crippen molar-refractivity contribution in [1.82, 2.24) is 37.4 Å². The van der Waals surface area contributed by atoms with Gasteiger partial charge in [-0.15, -0.1) is 0 Å². The maximum absolute atomic E-state index is 13.5. The number of aryl methyl sites for hydroxylation is 4. The normalized spacial score (nSPS) is 14.6. The van der Waals surface area contributed by atoms with Crippen LogP contribution in [0.5, 0.6) is 0 Å². The summed E-state index contributed by atoms with van der Waals surface area (Å²) in [6, 6.07) is 0. The monoisotopic (exact) mass is 662 g/mol. The average Bonchev–Trinajstić information content (AvgIpc) is 3.55. The number of fused-ring (bicyclic) bond motifs is 2. The van der Waals surface area contributed by atoms with Crippen LogP contribution in [0.4, 0.5) is 11.9 Å². The fraction of sp³-hybridized carbons (Fsp3) is 0.655. The lowest BCUT2D eigenvalue weighted by Crippen LogP contribution is -2.39. The molecule has 0 saturated heterocycles. The van der Waals surface area contributed by atoms with Crippen LogP contribution < -0.4 is 32.3 Å². The first kappa shape index (κ1) is 35.6. The van der Waals surface area contributed by atoms with Crippen molar-refractivity contribution in [1.29, 1.82) is 0 Å². The largest absolute Gasteiger partial charge is 0.392 e. The molecule has 4 rings (SSSR count). The van der Waals surface area contributed by atoms with Crippen LogP contribution in [0.2, 0.25) is 0 Å². The van der Waals surface area contributed by atoms with Crippen LogP contribution in [-0.2, 0) is 41.3 Å². The molecule has 0 aliphatic rings. The first-order chi connectivity index (χ1) is 22.0. The van der Waals surface area contributed by atoms with E-state index in [4.69, 9.17) is 0 Å². The van der Waals surface area contributed by atoms with Crippen molar-refractivity contribution in [3.05, 3.63) is 41.7 Å². The lowest BCUT2D eigenvalue weighted by atomic mass is 10.3. The molecule has 0 aromatic carbocycles. The average molecular weight is 663 g/mol. The quantitative estimate of drug-likeness (QED) is 0.110. The second-order valence-corrected chi connectivity index (χ2v) is 12.4. The Kier molecular flexibility index (Phi) is 10.5. The van der Waals surface area contributed by atoms with Gasteiger partial charge in [0.2, 0.25) is 11.9 Å². The summed E-state index contributed by atoms with van der Waals surface area (Å²) in [5.41, 5.74) is -1.73. The molecule has 0 amide bonds. The number of aliphatic hydroxyl groups excluding tert-OH is 4.